The van der Waals surface area contributed by atoms with Crippen molar-refractivity contribution in [3.63, 3.8) is 0 Å². The Morgan fingerprint density at radius 3 is 2.71 bits per heavy atom. The number of fused-ring (bicyclic) bond motifs is 1. The third kappa shape index (κ3) is 1.52. The molecule has 0 saturated carbocycles. The Hall–Kier alpha value is -1.82. The van der Waals surface area contributed by atoms with Crippen molar-refractivity contribution in [2.24, 2.45) is 0 Å². The van der Waals surface area contributed by atoms with Crippen LogP contribution in [0.2, 0.25) is 0 Å². The van der Waals surface area contributed by atoms with E-state index in [4.69, 9.17) is 4.74 Å². The summed E-state index contributed by atoms with van der Waals surface area (Å²) < 4.78 is 31.5. The Balaban J connectivity index is 2.10. The van der Waals surface area contributed by atoms with Crippen molar-refractivity contribution in [1.29, 1.82) is 0 Å². The summed E-state index contributed by atoms with van der Waals surface area (Å²) in [5, 5.41) is 0. The summed E-state index contributed by atoms with van der Waals surface area (Å²) >= 11 is 0. The molecule has 0 bridgehead atoms. The van der Waals surface area contributed by atoms with E-state index in [-0.39, 0.29) is 23.9 Å². The van der Waals surface area contributed by atoms with E-state index in [1.807, 2.05) is 0 Å². The van der Waals surface area contributed by atoms with Gasteiger partial charge in [0.25, 0.3) is 11.7 Å². The van der Waals surface area contributed by atoms with E-state index >= 15 is 0 Å². The molecule has 88 valence electrons. The fourth-order valence-corrected chi connectivity index (χ4v) is 1.90. The standard InChI is InChI=1S/C11H7F2NO3/c12-5-1-7-9(8(13)2-5)14(3-6-4-17-6)11(16)10(7)15/h1-2,6H,3-4H2. The second kappa shape index (κ2) is 3.33. The number of amides is 1. The van der Waals surface area contributed by atoms with Gasteiger partial charge in [0.05, 0.1) is 30.5 Å². The molecule has 1 aromatic carbocycles. The number of carbonyl (C=O) groups is 2. The largest absolute Gasteiger partial charge is 0.371 e. The number of epoxide rings is 1. The summed E-state index contributed by atoms with van der Waals surface area (Å²) in [5.41, 5.74) is -0.356. The molecule has 1 fully saturated rings. The fourth-order valence-electron chi connectivity index (χ4n) is 1.90. The van der Waals surface area contributed by atoms with Crippen molar-refractivity contribution in [2.45, 2.75) is 6.10 Å². The maximum absolute atomic E-state index is 13.6. The van der Waals surface area contributed by atoms with Gasteiger partial charge in [0.2, 0.25) is 0 Å². The molecule has 1 saturated heterocycles. The highest BCUT2D eigenvalue weighted by atomic mass is 19.1. The highest BCUT2D eigenvalue weighted by molar-refractivity contribution is 6.52. The molecule has 0 N–H and O–H groups in total. The zero-order valence-corrected chi connectivity index (χ0v) is 8.57. The summed E-state index contributed by atoms with van der Waals surface area (Å²) in [6.45, 7) is 0.607. The van der Waals surface area contributed by atoms with Gasteiger partial charge >= 0.3 is 0 Å². The molecule has 1 aromatic rings. The predicted octanol–water partition coefficient (Wildman–Crippen LogP) is 0.893. The zero-order chi connectivity index (χ0) is 12.2. The minimum atomic E-state index is -0.903. The summed E-state index contributed by atoms with van der Waals surface area (Å²) in [6.07, 6.45) is -0.165. The number of benzene rings is 1. The molecule has 0 spiro atoms. The lowest BCUT2D eigenvalue weighted by Gasteiger charge is -2.15. The van der Waals surface area contributed by atoms with Crippen LogP contribution in [0.5, 0.6) is 0 Å². The molecule has 2 aliphatic rings. The Morgan fingerprint density at radius 2 is 2.06 bits per heavy atom. The molecule has 0 aromatic heterocycles. The van der Waals surface area contributed by atoms with Crippen LogP contribution in [0.1, 0.15) is 10.4 Å². The smallest absolute Gasteiger partial charge is 0.299 e. The molecule has 1 atom stereocenters. The lowest BCUT2D eigenvalue weighted by molar-refractivity contribution is -0.114. The van der Waals surface area contributed by atoms with Gasteiger partial charge in [-0.3, -0.25) is 14.5 Å². The van der Waals surface area contributed by atoms with Crippen LogP contribution in [0.4, 0.5) is 14.5 Å². The lowest BCUT2D eigenvalue weighted by atomic mass is 10.1. The number of rotatable bonds is 2. The first-order valence-corrected chi connectivity index (χ1v) is 5.05. The first-order chi connectivity index (χ1) is 8.08. The van der Waals surface area contributed by atoms with Crippen molar-refractivity contribution in [2.75, 3.05) is 18.1 Å². The fraction of sp³-hybridized carbons (Fsp3) is 0.273. The van der Waals surface area contributed by atoms with Crippen LogP contribution in [0, 0.1) is 11.6 Å². The van der Waals surface area contributed by atoms with Crippen molar-refractivity contribution < 1.29 is 23.1 Å². The van der Waals surface area contributed by atoms with E-state index in [2.05, 4.69) is 0 Å². The van der Waals surface area contributed by atoms with Gasteiger partial charge < -0.3 is 4.74 Å². The Morgan fingerprint density at radius 1 is 1.35 bits per heavy atom. The van der Waals surface area contributed by atoms with Crippen molar-refractivity contribution in [3.05, 3.63) is 29.3 Å². The number of hydrogen-bond acceptors (Lipinski definition) is 3. The molecule has 3 rings (SSSR count). The number of hydrogen-bond donors (Lipinski definition) is 0. The minimum absolute atomic E-state index is 0.125. The van der Waals surface area contributed by atoms with E-state index < -0.39 is 23.3 Å². The van der Waals surface area contributed by atoms with Crippen LogP contribution in [0.25, 0.3) is 0 Å². The quantitative estimate of drug-likeness (QED) is 0.569. The monoisotopic (exact) mass is 239 g/mol. The molecule has 0 aliphatic carbocycles. The summed E-state index contributed by atoms with van der Waals surface area (Å²) in [7, 11) is 0. The van der Waals surface area contributed by atoms with E-state index in [0.717, 1.165) is 11.0 Å². The van der Waals surface area contributed by atoms with Gasteiger partial charge in [-0.1, -0.05) is 0 Å². The second-order valence-corrected chi connectivity index (χ2v) is 3.98. The highest BCUT2D eigenvalue weighted by Crippen LogP contribution is 2.33. The molecule has 0 radical (unpaired) electrons. The van der Waals surface area contributed by atoms with Gasteiger partial charge in [-0.05, 0) is 6.07 Å². The molecule has 2 heterocycles. The van der Waals surface area contributed by atoms with Crippen LogP contribution >= 0.6 is 0 Å². The number of ketones is 1. The van der Waals surface area contributed by atoms with Gasteiger partial charge in [-0.25, -0.2) is 8.78 Å². The molecule has 1 amide bonds. The molecule has 4 nitrogen and oxygen atoms in total. The van der Waals surface area contributed by atoms with Crippen LogP contribution < -0.4 is 4.90 Å². The normalized spacial score (nSPS) is 22.0. The number of carbonyl (C=O) groups excluding carboxylic acids is 2. The average Bonchev–Trinajstić information content (AvgIpc) is 3.04. The molecule has 1 unspecified atom stereocenters. The highest BCUT2D eigenvalue weighted by Gasteiger charge is 2.41. The SMILES string of the molecule is O=C1C(=O)N(CC2CO2)c2c(F)cc(F)cc21. The minimum Gasteiger partial charge on any atom is -0.371 e. The van der Waals surface area contributed by atoms with Gasteiger partial charge in [0.1, 0.15) is 5.82 Å². The van der Waals surface area contributed by atoms with E-state index in [1.165, 1.54) is 0 Å². The first kappa shape index (κ1) is 10.3. The van der Waals surface area contributed by atoms with Crippen molar-refractivity contribution in [1.82, 2.24) is 0 Å². The number of Topliss-reactive ketones (excluding diaryl/α,β-unsaturated/α-hetero) is 1. The number of halogens is 2. The number of ether oxygens (including phenoxy) is 1. The second-order valence-electron chi connectivity index (χ2n) is 3.98. The lowest BCUT2D eigenvalue weighted by Crippen LogP contribution is -2.33. The van der Waals surface area contributed by atoms with E-state index in [0.29, 0.717) is 12.7 Å². The van der Waals surface area contributed by atoms with Crippen molar-refractivity contribution >= 4 is 17.4 Å². The van der Waals surface area contributed by atoms with Crippen LogP contribution in [0.3, 0.4) is 0 Å². The maximum Gasteiger partial charge on any atom is 0.299 e. The summed E-state index contributed by atoms with van der Waals surface area (Å²) in [4.78, 5) is 24.2. The Bertz CT molecular complexity index is 540. The third-order valence-corrected chi connectivity index (χ3v) is 2.77. The number of nitrogens with zero attached hydrogens (tertiary/aromatic N) is 1. The average molecular weight is 239 g/mol. The van der Waals surface area contributed by atoms with Crippen molar-refractivity contribution in [3.8, 4) is 0 Å². The summed E-state index contributed by atoms with van der Waals surface area (Å²) in [6, 6.07) is 1.54. The Kier molecular flexibility index (Phi) is 2.03. The van der Waals surface area contributed by atoms with Crippen LogP contribution in [-0.2, 0) is 9.53 Å². The predicted molar refractivity (Wildman–Crippen MR) is 52.8 cm³/mol. The Labute approximate surface area is 94.8 Å². The number of anilines is 1. The van der Waals surface area contributed by atoms with Crippen LogP contribution in [-0.4, -0.2) is 30.9 Å². The zero-order valence-electron chi connectivity index (χ0n) is 8.57. The molecular weight excluding hydrogens is 232 g/mol. The molecular formula is C11H7F2NO3. The topological polar surface area (TPSA) is 49.9 Å². The molecule has 2 aliphatic heterocycles. The third-order valence-electron chi connectivity index (χ3n) is 2.77. The van der Waals surface area contributed by atoms with Gasteiger partial charge in [0.15, 0.2) is 5.82 Å². The van der Waals surface area contributed by atoms with E-state index in [9.17, 15) is 18.4 Å². The summed E-state index contributed by atoms with van der Waals surface area (Å²) in [5.74, 6) is -3.48. The van der Waals surface area contributed by atoms with Crippen LogP contribution in [0.15, 0.2) is 12.1 Å². The van der Waals surface area contributed by atoms with Gasteiger partial charge in [0, 0.05) is 6.07 Å². The van der Waals surface area contributed by atoms with Gasteiger partial charge in [-0.15, -0.1) is 0 Å². The van der Waals surface area contributed by atoms with Gasteiger partial charge in [-0.2, -0.15) is 0 Å². The molecule has 17 heavy (non-hydrogen) atoms. The van der Waals surface area contributed by atoms with E-state index in [1.54, 1.807) is 0 Å². The first-order valence-electron chi connectivity index (χ1n) is 5.05. The molecule has 6 heteroatoms. The maximum atomic E-state index is 13.6.